The Morgan fingerprint density at radius 1 is 1.50 bits per heavy atom. The zero-order valence-electron chi connectivity index (χ0n) is 11.7. The first-order chi connectivity index (χ1) is 8.51. The maximum Gasteiger partial charge on any atom is 0.256 e. The van der Waals surface area contributed by atoms with Gasteiger partial charge in [0.1, 0.15) is 12.2 Å². The van der Waals surface area contributed by atoms with Gasteiger partial charge in [0.2, 0.25) is 0 Å². The maximum atomic E-state index is 4.50. The highest BCUT2D eigenvalue weighted by Crippen LogP contribution is 2.09. The van der Waals surface area contributed by atoms with Gasteiger partial charge in [-0.2, -0.15) is 3.97 Å². The van der Waals surface area contributed by atoms with Crippen LogP contribution < -0.4 is 4.57 Å². The van der Waals surface area contributed by atoms with E-state index in [-0.39, 0.29) is 0 Å². The van der Waals surface area contributed by atoms with Crippen LogP contribution >= 0.6 is 35.8 Å². The summed E-state index contributed by atoms with van der Waals surface area (Å²) in [4.78, 5) is 0. The molecule has 0 saturated heterocycles. The minimum absolute atomic E-state index is 0.876. The first-order valence-electron chi connectivity index (χ1n) is 5.35. The van der Waals surface area contributed by atoms with E-state index in [9.17, 15) is 0 Å². The van der Waals surface area contributed by atoms with Gasteiger partial charge in [0.25, 0.3) is 6.33 Å². The van der Waals surface area contributed by atoms with E-state index in [1.165, 1.54) is 30.4 Å². The molecule has 0 aliphatic carbocycles. The SMILES string of the molecule is COCl.CS/N=C(/C)C[n+]1cn(SC)c(C)c1C. The Morgan fingerprint density at radius 2 is 2.06 bits per heavy atom. The predicted octanol–water partition coefficient (Wildman–Crippen LogP) is 3.04. The summed E-state index contributed by atoms with van der Waals surface area (Å²) in [6.07, 6.45) is 6.20. The van der Waals surface area contributed by atoms with Gasteiger partial charge >= 0.3 is 0 Å². The van der Waals surface area contributed by atoms with Gasteiger partial charge in [-0.1, -0.05) is 0 Å². The van der Waals surface area contributed by atoms with Crippen LogP contribution in [-0.4, -0.2) is 29.3 Å². The highest BCUT2D eigenvalue weighted by atomic mass is 35.5. The van der Waals surface area contributed by atoms with Crippen molar-refractivity contribution in [3.05, 3.63) is 17.7 Å². The van der Waals surface area contributed by atoms with Gasteiger partial charge in [-0.05, 0) is 18.9 Å². The fourth-order valence-corrected chi connectivity index (χ4v) is 2.43. The van der Waals surface area contributed by atoms with E-state index in [1.807, 2.05) is 6.26 Å². The molecular weight excluding hydrogens is 290 g/mol. The van der Waals surface area contributed by atoms with Crippen molar-refractivity contribution in [1.29, 1.82) is 0 Å². The molecule has 0 aliphatic rings. The number of hydrogen-bond acceptors (Lipinski definition) is 4. The molecule has 0 saturated carbocycles. The Hall–Kier alpha value is -0.170. The molecule has 0 amide bonds. The summed E-state index contributed by atoms with van der Waals surface area (Å²) in [6.45, 7) is 7.23. The van der Waals surface area contributed by atoms with Gasteiger partial charge < -0.3 is 0 Å². The summed E-state index contributed by atoms with van der Waals surface area (Å²) >= 11 is 7.73. The molecule has 0 spiro atoms. The largest absolute Gasteiger partial charge is 0.283 e. The van der Waals surface area contributed by atoms with Crippen LogP contribution in [0.25, 0.3) is 0 Å². The summed E-state index contributed by atoms with van der Waals surface area (Å²) < 4.78 is 12.5. The second kappa shape index (κ2) is 9.72. The van der Waals surface area contributed by atoms with E-state index < -0.39 is 0 Å². The molecule has 4 nitrogen and oxygen atoms in total. The third kappa shape index (κ3) is 5.65. The molecule has 1 heterocycles. The molecule has 0 radical (unpaired) electrons. The zero-order chi connectivity index (χ0) is 14.1. The minimum Gasteiger partial charge on any atom is -0.283 e. The fraction of sp³-hybridized carbons (Fsp3) is 0.636. The van der Waals surface area contributed by atoms with Crippen molar-refractivity contribution < 1.29 is 8.86 Å². The number of imidazole rings is 1. The summed E-state index contributed by atoms with van der Waals surface area (Å²) in [5, 5.41) is 0. The highest BCUT2D eigenvalue weighted by molar-refractivity contribution is 7.97. The average Bonchev–Trinajstić information content (AvgIpc) is 2.58. The van der Waals surface area contributed by atoms with Gasteiger partial charge in [-0.3, -0.25) is 4.29 Å². The average molecular weight is 311 g/mol. The molecule has 1 aromatic heterocycles. The Balaban J connectivity index is 0.000000873. The van der Waals surface area contributed by atoms with E-state index >= 15 is 0 Å². The van der Waals surface area contributed by atoms with Crippen molar-refractivity contribution in [2.45, 2.75) is 27.3 Å². The van der Waals surface area contributed by atoms with Crippen LogP contribution in [-0.2, 0) is 10.8 Å². The Kier molecular flexibility index (Phi) is 9.63. The Bertz CT molecular complexity index is 394. The summed E-state index contributed by atoms with van der Waals surface area (Å²) in [7, 11) is 1.39. The molecule has 0 aliphatic heterocycles. The van der Waals surface area contributed by atoms with Crippen LogP contribution in [0.2, 0.25) is 0 Å². The van der Waals surface area contributed by atoms with Crippen molar-refractivity contribution in [2.75, 3.05) is 19.6 Å². The smallest absolute Gasteiger partial charge is 0.256 e. The molecule has 104 valence electrons. The normalized spacial score (nSPS) is 11.2. The molecular formula is C11H21ClN3OS2+. The van der Waals surface area contributed by atoms with E-state index in [1.54, 1.807) is 11.9 Å². The van der Waals surface area contributed by atoms with Crippen LogP contribution in [0.15, 0.2) is 10.7 Å². The third-order valence-electron chi connectivity index (χ3n) is 2.37. The number of aromatic nitrogens is 2. The van der Waals surface area contributed by atoms with Crippen molar-refractivity contribution in [1.82, 2.24) is 3.97 Å². The molecule has 0 bridgehead atoms. The van der Waals surface area contributed by atoms with Crippen molar-refractivity contribution in [2.24, 2.45) is 4.40 Å². The van der Waals surface area contributed by atoms with Crippen LogP contribution in [0.1, 0.15) is 18.3 Å². The number of nitrogens with zero attached hydrogens (tertiary/aromatic N) is 3. The summed E-state index contributed by atoms with van der Waals surface area (Å²) in [5.74, 6) is 0. The Labute approximate surface area is 123 Å². The number of hydrogen-bond donors (Lipinski definition) is 0. The van der Waals surface area contributed by atoms with Crippen molar-refractivity contribution in [3.63, 3.8) is 0 Å². The van der Waals surface area contributed by atoms with Crippen LogP contribution in [0.3, 0.4) is 0 Å². The van der Waals surface area contributed by atoms with E-state index in [0.29, 0.717) is 0 Å². The fourth-order valence-electron chi connectivity index (χ4n) is 1.44. The first kappa shape index (κ1) is 17.8. The molecule has 0 aromatic carbocycles. The van der Waals surface area contributed by atoms with Gasteiger partial charge in [-0.25, -0.2) is 8.96 Å². The second-order valence-electron chi connectivity index (χ2n) is 3.59. The van der Waals surface area contributed by atoms with Gasteiger partial charge in [-0.15, -0.1) is 0 Å². The lowest BCUT2D eigenvalue weighted by Gasteiger charge is -1.97. The quantitative estimate of drug-likeness (QED) is 0.486. The number of halogens is 1. The lowest BCUT2D eigenvalue weighted by Crippen LogP contribution is -2.38. The molecule has 1 aromatic rings. The maximum absolute atomic E-state index is 4.50. The third-order valence-corrected chi connectivity index (χ3v) is 3.63. The van der Waals surface area contributed by atoms with Crippen LogP contribution in [0.5, 0.6) is 0 Å². The second-order valence-corrected chi connectivity index (χ2v) is 5.20. The van der Waals surface area contributed by atoms with Crippen LogP contribution in [0, 0.1) is 13.8 Å². The van der Waals surface area contributed by atoms with Crippen molar-refractivity contribution in [3.8, 4) is 0 Å². The van der Waals surface area contributed by atoms with Gasteiger partial charge in [0.05, 0.1) is 36.6 Å². The topological polar surface area (TPSA) is 30.4 Å². The molecule has 0 fully saturated rings. The van der Waals surface area contributed by atoms with Gasteiger partial charge in [0.15, 0.2) is 5.69 Å². The van der Waals surface area contributed by atoms with Crippen molar-refractivity contribution >= 4 is 41.5 Å². The van der Waals surface area contributed by atoms with Crippen LogP contribution in [0.4, 0.5) is 0 Å². The lowest BCUT2D eigenvalue weighted by atomic mass is 10.3. The number of rotatable bonds is 4. The van der Waals surface area contributed by atoms with E-state index in [0.717, 1.165) is 12.3 Å². The summed E-state index contributed by atoms with van der Waals surface area (Å²) in [5.41, 5.74) is 3.76. The molecule has 0 N–H and O–H groups in total. The highest BCUT2D eigenvalue weighted by Gasteiger charge is 2.15. The molecule has 18 heavy (non-hydrogen) atoms. The molecule has 7 heteroatoms. The Morgan fingerprint density at radius 3 is 2.44 bits per heavy atom. The minimum atomic E-state index is 0.876. The van der Waals surface area contributed by atoms with E-state index in [2.05, 4.69) is 62.4 Å². The zero-order valence-corrected chi connectivity index (χ0v) is 14.1. The predicted molar refractivity (Wildman–Crippen MR) is 82.5 cm³/mol. The van der Waals surface area contributed by atoms with Gasteiger partial charge in [0, 0.05) is 26.4 Å². The standard InChI is InChI=1S/C10H18N3S2.CH3ClO/c1-8(11-14-4)6-12-7-13(15-5)10(3)9(12)2;1-3-2/h7H,6H2,1-5H3;1H3/q+1;/b11-8-;. The molecule has 0 unspecified atom stereocenters. The van der Waals surface area contributed by atoms with E-state index in [4.69, 9.17) is 0 Å². The monoisotopic (exact) mass is 310 g/mol. The molecule has 1 rings (SSSR count). The summed E-state index contributed by atoms with van der Waals surface area (Å²) in [6, 6.07) is 0. The molecule has 0 atom stereocenters. The lowest BCUT2D eigenvalue weighted by molar-refractivity contribution is -0.686. The first-order valence-corrected chi connectivity index (χ1v) is 8.02.